The van der Waals surface area contributed by atoms with Crippen LogP contribution in [0, 0.1) is 42.9 Å². The second-order valence-corrected chi connectivity index (χ2v) is 22.6. The number of aryl methyl sites for hydroxylation is 2. The third-order valence-corrected chi connectivity index (χ3v) is 15.9. The van der Waals surface area contributed by atoms with Crippen molar-refractivity contribution in [3.8, 4) is 11.3 Å². The fourth-order valence-electron chi connectivity index (χ4n) is 10.3. The van der Waals surface area contributed by atoms with E-state index in [0.717, 1.165) is 22.3 Å². The summed E-state index contributed by atoms with van der Waals surface area (Å²) in [5.74, 6) is -1.22. The van der Waals surface area contributed by atoms with Crippen LogP contribution in [0.25, 0.3) is 11.3 Å². The number of hydrazine groups is 1. The van der Waals surface area contributed by atoms with Crippen molar-refractivity contribution >= 4 is 24.0 Å². The number of amides is 4. The molecule has 2 aromatic carbocycles. The third kappa shape index (κ3) is 12.3. The number of nitrogens with one attached hydrogen (secondary N) is 4. The zero-order valence-corrected chi connectivity index (χ0v) is 45.8. The molecular formula is C56H88N6O7. The summed E-state index contributed by atoms with van der Waals surface area (Å²) in [6.07, 6.45) is -1.36. The van der Waals surface area contributed by atoms with Gasteiger partial charge in [0.05, 0.1) is 40.2 Å². The largest absolute Gasteiger partial charge is 0.453 e. The van der Waals surface area contributed by atoms with Crippen LogP contribution in [0.3, 0.4) is 0 Å². The molecule has 69 heavy (non-hydrogen) atoms. The Balaban J connectivity index is 2.46. The van der Waals surface area contributed by atoms with Crippen molar-refractivity contribution in [2.45, 2.75) is 192 Å². The van der Waals surface area contributed by atoms with Gasteiger partial charge in [0, 0.05) is 29.1 Å². The number of nitrogens with zero attached hydrogens (tertiary/aromatic N) is 2. The summed E-state index contributed by atoms with van der Waals surface area (Å²) in [5, 5.41) is 24.4. The van der Waals surface area contributed by atoms with Crippen LogP contribution in [-0.2, 0) is 30.0 Å². The van der Waals surface area contributed by atoms with Crippen molar-refractivity contribution in [1.29, 1.82) is 0 Å². The maximum absolute atomic E-state index is 15.7. The van der Waals surface area contributed by atoms with Gasteiger partial charge in [-0.05, 0) is 132 Å². The lowest BCUT2D eigenvalue weighted by atomic mass is 9.55. The van der Waals surface area contributed by atoms with Crippen LogP contribution in [0.4, 0.5) is 9.59 Å². The Kier molecular flexibility index (Phi) is 17.0. The molecule has 0 fully saturated rings. The second-order valence-electron chi connectivity index (χ2n) is 22.6. The van der Waals surface area contributed by atoms with Gasteiger partial charge in [0.15, 0.2) is 0 Å². The number of benzene rings is 2. The van der Waals surface area contributed by atoms with Gasteiger partial charge in [-0.1, -0.05) is 119 Å². The average Bonchev–Trinajstić information content (AvgIpc) is 3.28. The highest BCUT2D eigenvalue weighted by Gasteiger charge is 2.58. The van der Waals surface area contributed by atoms with E-state index < -0.39 is 80.5 Å². The van der Waals surface area contributed by atoms with E-state index in [1.54, 1.807) is 39.6 Å². The summed E-state index contributed by atoms with van der Waals surface area (Å²) < 4.78 is 35.6. The molecule has 0 saturated carbocycles. The molecule has 2 unspecified atom stereocenters. The van der Waals surface area contributed by atoms with Crippen LogP contribution in [0.2, 0.25) is 0 Å². The Labute approximate surface area is 419 Å². The van der Waals surface area contributed by atoms with Crippen LogP contribution in [0.1, 0.15) is 162 Å². The molecule has 0 aliphatic rings. The lowest BCUT2D eigenvalue weighted by molar-refractivity contribution is -0.146. The fraction of sp³-hybridized carbons (Fsp3) is 0.625. The van der Waals surface area contributed by atoms with Gasteiger partial charge in [-0.3, -0.25) is 20.0 Å². The van der Waals surface area contributed by atoms with E-state index in [4.69, 9.17) is 13.6 Å². The normalized spacial score (nSPS) is 17.4. The molecule has 5 N–H and O–H groups in total. The molecule has 1 heterocycles. The van der Waals surface area contributed by atoms with Crippen molar-refractivity contribution in [3.05, 3.63) is 88.5 Å². The van der Waals surface area contributed by atoms with Gasteiger partial charge in [-0.15, -0.1) is 0 Å². The first kappa shape index (κ1) is 53.3. The molecule has 384 valence electrons. The van der Waals surface area contributed by atoms with E-state index in [9.17, 15) is 14.7 Å². The predicted octanol–water partition coefficient (Wildman–Crippen LogP) is 10.6. The molecule has 13 heteroatoms. The number of methoxy groups -OCH3 is 1. The van der Waals surface area contributed by atoms with E-state index >= 15 is 9.59 Å². The summed E-state index contributed by atoms with van der Waals surface area (Å²) in [7, 11) is 1.24. The van der Waals surface area contributed by atoms with Crippen LogP contribution < -0.4 is 21.4 Å². The molecule has 0 aliphatic heterocycles. The summed E-state index contributed by atoms with van der Waals surface area (Å²) in [4.78, 5) is 62.0. The Hall–Kier alpha value is -5.01. The topological polar surface area (TPSA) is 171 Å². The van der Waals surface area contributed by atoms with Crippen molar-refractivity contribution in [3.63, 3.8) is 0 Å². The van der Waals surface area contributed by atoms with E-state index in [1.807, 2.05) is 146 Å². The quantitative estimate of drug-likeness (QED) is 0.0692. The molecule has 0 spiro atoms. The number of carbonyl (C=O) groups is 4. The SMILES string of the molecule is [2H]c1nc(-c2ccc(C(C)(C)N(C[C@](C)(O)[C@@H](NC(=O)[C@@](C)(NC(=O)OC(C)C)C(C)(CC)C(C)(C)C)C(C)(C)c3ccccc3C)NC(=O)[C@@H](NC(=O)OC)C(C)(CC)C(C)C)c(C)c2)c(C)c([2H])c1[2H]. The number of pyridine rings is 1. The Morgan fingerprint density at radius 1 is 0.797 bits per heavy atom. The number of ether oxygens (including phenoxy) is 2. The van der Waals surface area contributed by atoms with Crippen LogP contribution in [-0.4, -0.2) is 82.1 Å². The highest BCUT2D eigenvalue weighted by Crippen LogP contribution is 2.50. The third-order valence-electron chi connectivity index (χ3n) is 15.9. The maximum atomic E-state index is 15.7. The van der Waals surface area contributed by atoms with Gasteiger partial charge in [-0.2, -0.15) is 0 Å². The first-order chi connectivity index (χ1) is 32.9. The summed E-state index contributed by atoms with van der Waals surface area (Å²) >= 11 is 0. The predicted molar refractivity (Wildman–Crippen MR) is 277 cm³/mol. The highest BCUT2D eigenvalue weighted by molar-refractivity contribution is 5.91. The minimum atomic E-state index is -1.92. The minimum Gasteiger partial charge on any atom is -0.453 e. The number of hydrogen-bond donors (Lipinski definition) is 5. The molecule has 3 rings (SSSR count). The molecule has 0 bridgehead atoms. The average molecular weight is 960 g/mol. The number of alkyl carbamates (subject to hydrolysis) is 2. The summed E-state index contributed by atoms with van der Waals surface area (Å²) in [5.41, 5.74) is -0.0932. The van der Waals surface area contributed by atoms with Gasteiger partial charge in [0.2, 0.25) is 5.91 Å². The smallest absolute Gasteiger partial charge is 0.408 e. The minimum absolute atomic E-state index is 0.0849. The van der Waals surface area contributed by atoms with Crippen LogP contribution >= 0.6 is 0 Å². The van der Waals surface area contributed by atoms with Gasteiger partial charge < -0.3 is 30.5 Å². The number of hydrogen-bond acceptors (Lipinski definition) is 9. The Bertz CT molecular complexity index is 2450. The summed E-state index contributed by atoms with van der Waals surface area (Å²) in [6, 6.07) is 10.7. The fourth-order valence-corrected chi connectivity index (χ4v) is 10.3. The molecule has 4 amide bonds. The van der Waals surface area contributed by atoms with Gasteiger partial charge >= 0.3 is 12.2 Å². The van der Waals surface area contributed by atoms with Gasteiger partial charge in [0.25, 0.3) is 5.91 Å². The van der Waals surface area contributed by atoms with Crippen molar-refractivity contribution < 1.29 is 37.9 Å². The first-order valence-electron chi connectivity index (χ1n) is 25.9. The zero-order valence-electron chi connectivity index (χ0n) is 48.8. The van der Waals surface area contributed by atoms with E-state index in [-0.39, 0.29) is 30.7 Å². The van der Waals surface area contributed by atoms with Crippen LogP contribution in [0.15, 0.2) is 60.7 Å². The molecule has 1 aromatic heterocycles. The monoisotopic (exact) mass is 960 g/mol. The van der Waals surface area contributed by atoms with Crippen molar-refractivity contribution in [2.75, 3.05) is 13.7 Å². The number of aromatic nitrogens is 1. The zero-order chi connectivity index (χ0) is 55.5. The molecule has 3 aromatic rings. The van der Waals surface area contributed by atoms with Crippen LogP contribution in [0.5, 0.6) is 0 Å². The van der Waals surface area contributed by atoms with Crippen molar-refractivity contribution in [1.82, 2.24) is 31.4 Å². The first-order valence-corrected chi connectivity index (χ1v) is 24.4. The number of rotatable bonds is 20. The van der Waals surface area contributed by atoms with Gasteiger partial charge in [0.1, 0.15) is 11.6 Å². The Morgan fingerprint density at radius 2 is 1.41 bits per heavy atom. The summed E-state index contributed by atoms with van der Waals surface area (Å²) in [6.45, 7) is 37.6. The van der Waals surface area contributed by atoms with E-state index in [1.165, 1.54) is 7.11 Å². The maximum Gasteiger partial charge on any atom is 0.408 e. The molecular weight excluding hydrogens is 869 g/mol. The molecule has 13 nitrogen and oxygen atoms in total. The van der Waals surface area contributed by atoms with E-state index in [2.05, 4.69) is 26.4 Å². The molecule has 0 aliphatic carbocycles. The van der Waals surface area contributed by atoms with Gasteiger partial charge in [-0.25, -0.2) is 14.6 Å². The van der Waals surface area contributed by atoms with Crippen molar-refractivity contribution in [2.24, 2.45) is 22.2 Å². The molecule has 6 atom stereocenters. The number of aliphatic hydroxyl groups is 1. The Morgan fingerprint density at radius 3 is 1.91 bits per heavy atom. The number of carbonyl (C=O) groups excluding carboxylic acids is 4. The lowest BCUT2D eigenvalue weighted by Gasteiger charge is -2.54. The molecule has 0 radical (unpaired) electrons. The molecule has 0 saturated heterocycles. The highest BCUT2D eigenvalue weighted by atomic mass is 16.6. The second kappa shape index (κ2) is 22.0. The standard InChI is InChI=1S/C56H88N6O7/c1-22-53(17,35(3)4)44(58-48(65)68-21)45(63)61-62(52(15,16)42-31-30-40(33-39(42)9)43-38(8)28-26-32-57-43)34-54(18,67)46(51(13,14)41-29-25-24-27-37(41)7)59-47(64)56(20,60-49(66)69-36(5)6)55(19,23-2)50(10,11)12/h24-33,35-36,44,46,67H,22-23,34H2,1-21H3,(H,58,65)(H,59,64)(H,60,66)(H,61,63)/t44-,46+,53?,54+,55?,56-/m1/s1/i26D,28D,32D. The lowest BCUT2D eigenvalue weighted by Crippen LogP contribution is -2.73. The van der Waals surface area contributed by atoms with E-state index in [0.29, 0.717) is 29.7 Å².